The topological polar surface area (TPSA) is 74.1 Å². The second-order valence-corrected chi connectivity index (χ2v) is 6.51. The lowest BCUT2D eigenvalue weighted by molar-refractivity contribution is 0.111. The summed E-state index contributed by atoms with van der Waals surface area (Å²) in [5.74, 6) is 1.34. The minimum atomic E-state index is 0.660. The van der Waals surface area contributed by atoms with Gasteiger partial charge in [0, 0.05) is 50.2 Å². The Labute approximate surface area is 146 Å². The maximum absolute atomic E-state index is 5.43. The Morgan fingerprint density at radius 2 is 1.76 bits per heavy atom. The quantitative estimate of drug-likeness (QED) is 0.768. The number of nitrogens with one attached hydrogen (secondary N) is 1. The van der Waals surface area contributed by atoms with E-state index in [2.05, 4.69) is 49.0 Å². The van der Waals surface area contributed by atoms with Gasteiger partial charge in [0.05, 0.1) is 12.9 Å². The number of nitrogens with zero attached hydrogens (tertiary/aromatic N) is 5. The van der Waals surface area contributed by atoms with Crippen LogP contribution in [0.15, 0.2) is 41.3 Å². The highest BCUT2D eigenvalue weighted by molar-refractivity contribution is 5.54. The van der Waals surface area contributed by atoms with Gasteiger partial charge in [0.25, 0.3) is 0 Å². The van der Waals surface area contributed by atoms with Gasteiger partial charge < -0.3 is 9.51 Å². The minimum Gasteiger partial charge on any atom is -0.347 e. The van der Waals surface area contributed by atoms with Crippen molar-refractivity contribution in [2.45, 2.75) is 20.0 Å². The molecule has 130 valence electrons. The number of piperazine rings is 1. The Kier molecular flexibility index (Phi) is 4.58. The summed E-state index contributed by atoms with van der Waals surface area (Å²) in [4.78, 5) is 16.5. The standard InChI is InChI=1S/C18H22N6O/c1-14-2-4-15(5-3-14)18-21-17(25-22-18)12-24-8-6-23(7-9-24)11-16-10-19-13-20-16/h2-5,10,13H,6-9,11-12H2,1H3,(H,19,20). The molecule has 25 heavy (non-hydrogen) atoms. The lowest BCUT2D eigenvalue weighted by Crippen LogP contribution is -2.45. The highest BCUT2D eigenvalue weighted by atomic mass is 16.5. The number of rotatable bonds is 5. The van der Waals surface area contributed by atoms with Gasteiger partial charge in [-0.1, -0.05) is 35.0 Å². The molecular weight excluding hydrogens is 316 g/mol. The molecule has 0 aliphatic carbocycles. The SMILES string of the molecule is Cc1ccc(-c2noc(CN3CCN(Cc4cnc[nH]4)CC3)n2)cc1. The van der Waals surface area contributed by atoms with E-state index in [0.717, 1.165) is 44.0 Å². The monoisotopic (exact) mass is 338 g/mol. The number of aromatic amines is 1. The first-order valence-corrected chi connectivity index (χ1v) is 8.58. The number of imidazole rings is 1. The third-order valence-corrected chi connectivity index (χ3v) is 4.55. The smallest absolute Gasteiger partial charge is 0.241 e. The Morgan fingerprint density at radius 3 is 2.44 bits per heavy atom. The molecule has 3 aromatic rings. The molecule has 0 radical (unpaired) electrons. The van der Waals surface area contributed by atoms with Gasteiger partial charge >= 0.3 is 0 Å². The van der Waals surface area contributed by atoms with Crippen LogP contribution in [0.1, 0.15) is 17.1 Å². The van der Waals surface area contributed by atoms with E-state index in [1.807, 2.05) is 18.3 Å². The van der Waals surface area contributed by atoms with Gasteiger partial charge in [0.1, 0.15) is 0 Å². The van der Waals surface area contributed by atoms with E-state index >= 15 is 0 Å². The molecule has 0 amide bonds. The summed E-state index contributed by atoms with van der Waals surface area (Å²) < 4.78 is 5.43. The molecule has 3 heterocycles. The maximum atomic E-state index is 5.43. The highest BCUT2D eigenvalue weighted by Crippen LogP contribution is 2.17. The molecule has 1 aliphatic heterocycles. The third-order valence-electron chi connectivity index (χ3n) is 4.55. The van der Waals surface area contributed by atoms with Gasteiger partial charge in [0.15, 0.2) is 0 Å². The van der Waals surface area contributed by atoms with Crippen LogP contribution in [0.25, 0.3) is 11.4 Å². The summed E-state index contributed by atoms with van der Waals surface area (Å²) in [6, 6.07) is 8.17. The zero-order valence-corrected chi connectivity index (χ0v) is 14.4. The highest BCUT2D eigenvalue weighted by Gasteiger charge is 2.19. The normalized spacial score (nSPS) is 16.4. The fraction of sp³-hybridized carbons (Fsp3) is 0.389. The first-order valence-electron chi connectivity index (χ1n) is 8.58. The van der Waals surface area contributed by atoms with Gasteiger partial charge in [-0.2, -0.15) is 4.98 Å². The van der Waals surface area contributed by atoms with Gasteiger partial charge in [-0.15, -0.1) is 0 Å². The fourth-order valence-electron chi connectivity index (χ4n) is 3.05. The lowest BCUT2D eigenvalue weighted by Gasteiger charge is -2.33. The molecule has 1 aromatic carbocycles. The second-order valence-electron chi connectivity index (χ2n) is 6.51. The fourth-order valence-corrected chi connectivity index (χ4v) is 3.05. The van der Waals surface area contributed by atoms with Crippen LogP contribution >= 0.6 is 0 Å². The van der Waals surface area contributed by atoms with Crippen molar-refractivity contribution in [3.63, 3.8) is 0 Å². The van der Waals surface area contributed by atoms with Crippen LogP contribution < -0.4 is 0 Å². The number of H-pyrrole nitrogens is 1. The zero-order chi connectivity index (χ0) is 17.1. The molecule has 4 rings (SSSR count). The predicted octanol–water partition coefficient (Wildman–Crippen LogP) is 2.09. The summed E-state index contributed by atoms with van der Waals surface area (Å²) in [5.41, 5.74) is 3.37. The van der Waals surface area contributed by atoms with Crippen LogP contribution in [0, 0.1) is 6.92 Å². The maximum Gasteiger partial charge on any atom is 0.241 e. The summed E-state index contributed by atoms with van der Waals surface area (Å²) >= 11 is 0. The molecule has 1 N–H and O–H groups in total. The van der Waals surface area contributed by atoms with Crippen LogP contribution in [-0.4, -0.2) is 56.1 Å². The number of aryl methyl sites for hydroxylation is 1. The first kappa shape index (κ1) is 16.0. The summed E-state index contributed by atoms with van der Waals surface area (Å²) in [7, 11) is 0. The molecule has 0 bridgehead atoms. The van der Waals surface area contributed by atoms with Crippen molar-refractivity contribution >= 4 is 0 Å². The molecule has 0 unspecified atom stereocenters. The minimum absolute atomic E-state index is 0.660. The summed E-state index contributed by atoms with van der Waals surface area (Å²) in [6.07, 6.45) is 3.62. The van der Waals surface area contributed by atoms with Gasteiger partial charge in [-0.05, 0) is 6.92 Å². The van der Waals surface area contributed by atoms with E-state index in [-0.39, 0.29) is 0 Å². The zero-order valence-electron chi connectivity index (χ0n) is 14.4. The van der Waals surface area contributed by atoms with Crippen LogP contribution in [0.3, 0.4) is 0 Å². The van der Waals surface area contributed by atoms with Crippen molar-refractivity contribution in [1.29, 1.82) is 0 Å². The Hall–Kier alpha value is -2.51. The van der Waals surface area contributed by atoms with E-state index in [1.54, 1.807) is 6.33 Å². The molecule has 1 fully saturated rings. The van der Waals surface area contributed by atoms with Crippen molar-refractivity contribution in [1.82, 2.24) is 29.9 Å². The van der Waals surface area contributed by atoms with E-state index in [4.69, 9.17) is 4.52 Å². The first-order chi connectivity index (χ1) is 12.3. The average Bonchev–Trinajstić information content (AvgIpc) is 3.29. The van der Waals surface area contributed by atoms with Gasteiger partial charge in [0.2, 0.25) is 11.7 Å². The summed E-state index contributed by atoms with van der Waals surface area (Å²) in [6.45, 7) is 7.74. The molecule has 7 heteroatoms. The predicted molar refractivity (Wildman–Crippen MR) is 93.6 cm³/mol. The number of hydrogen-bond donors (Lipinski definition) is 1. The molecule has 0 saturated carbocycles. The number of aromatic nitrogens is 4. The van der Waals surface area contributed by atoms with E-state index in [0.29, 0.717) is 18.3 Å². The van der Waals surface area contributed by atoms with Crippen molar-refractivity contribution in [3.8, 4) is 11.4 Å². The van der Waals surface area contributed by atoms with E-state index in [1.165, 1.54) is 5.56 Å². The third kappa shape index (κ3) is 3.94. The van der Waals surface area contributed by atoms with Crippen LogP contribution in [0.2, 0.25) is 0 Å². The van der Waals surface area contributed by atoms with E-state index in [9.17, 15) is 0 Å². The molecule has 1 aliphatic rings. The Bertz CT molecular complexity index is 787. The van der Waals surface area contributed by atoms with Gasteiger partial charge in [-0.3, -0.25) is 9.80 Å². The molecule has 7 nitrogen and oxygen atoms in total. The average molecular weight is 338 g/mol. The molecule has 1 saturated heterocycles. The van der Waals surface area contributed by atoms with Crippen LogP contribution in [0.4, 0.5) is 0 Å². The van der Waals surface area contributed by atoms with Gasteiger partial charge in [-0.25, -0.2) is 4.98 Å². The lowest BCUT2D eigenvalue weighted by atomic mass is 10.1. The Morgan fingerprint density at radius 1 is 1.04 bits per heavy atom. The molecule has 0 spiro atoms. The van der Waals surface area contributed by atoms with Crippen molar-refractivity contribution < 1.29 is 4.52 Å². The number of benzene rings is 1. The summed E-state index contributed by atoms with van der Waals surface area (Å²) in [5, 5.41) is 4.11. The van der Waals surface area contributed by atoms with Crippen LogP contribution in [0.5, 0.6) is 0 Å². The largest absolute Gasteiger partial charge is 0.347 e. The van der Waals surface area contributed by atoms with E-state index < -0.39 is 0 Å². The number of hydrogen-bond acceptors (Lipinski definition) is 6. The Balaban J connectivity index is 1.31. The van der Waals surface area contributed by atoms with Crippen molar-refractivity contribution in [3.05, 3.63) is 53.9 Å². The van der Waals surface area contributed by atoms with Crippen molar-refractivity contribution in [2.24, 2.45) is 0 Å². The van der Waals surface area contributed by atoms with Crippen LogP contribution in [-0.2, 0) is 13.1 Å². The molecule has 0 atom stereocenters. The second kappa shape index (κ2) is 7.16. The van der Waals surface area contributed by atoms with Crippen molar-refractivity contribution in [2.75, 3.05) is 26.2 Å². The molecular formula is C18H22N6O. The molecule has 2 aromatic heterocycles.